The molecule has 1 heterocycles. The lowest BCUT2D eigenvalue weighted by Gasteiger charge is -2.17. The van der Waals surface area contributed by atoms with Gasteiger partial charge >= 0.3 is 11.9 Å². The van der Waals surface area contributed by atoms with Crippen molar-refractivity contribution in [2.24, 2.45) is 5.92 Å². The van der Waals surface area contributed by atoms with Gasteiger partial charge in [-0.05, 0) is 6.42 Å². The Morgan fingerprint density at radius 1 is 1.42 bits per heavy atom. The molecule has 1 fully saturated rings. The Labute approximate surface area is 71.4 Å². The highest BCUT2D eigenvalue weighted by atomic mass is 16.6. The van der Waals surface area contributed by atoms with Gasteiger partial charge in [0.15, 0.2) is 5.92 Å². The zero-order valence-corrected chi connectivity index (χ0v) is 7.08. The standard InChI is InChI=1S/C9H12O3/c1-2-3-4-5-6-7-8(10)12-9(7)11/h5-7H,2-4H2,1H3/b6-5-. The molecule has 0 spiro atoms. The van der Waals surface area contributed by atoms with Crippen LogP contribution in [0.3, 0.4) is 0 Å². The number of rotatable bonds is 4. The van der Waals surface area contributed by atoms with Crippen molar-refractivity contribution < 1.29 is 14.3 Å². The van der Waals surface area contributed by atoms with Crippen LogP contribution in [0.5, 0.6) is 0 Å². The molecule has 1 aliphatic rings. The van der Waals surface area contributed by atoms with Gasteiger partial charge in [-0.2, -0.15) is 0 Å². The SMILES string of the molecule is CCCC/C=C\C1C(=O)OC1=O. The van der Waals surface area contributed by atoms with Crippen LogP contribution < -0.4 is 0 Å². The van der Waals surface area contributed by atoms with Gasteiger partial charge in [-0.15, -0.1) is 0 Å². The highest BCUT2D eigenvalue weighted by Crippen LogP contribution is 2.16. The van der Waals surface area contributed by atoms with Crippen molar-refractivity contribution in [1.29, 1.82) is 0 Å². The number of hydrogen-bond acceptors (Lipinski definition) is 3. The van der Waals surface area contributed by atoms with Crippen molar-refractivity contribution in [3.63, 3.8) is 0 Å². The summed E-state index contributed by atoms with van der Waals surface area (Å²) in [4.78, 5) is 21.2. The average Bonchev–Trinajstić information content (AvgIpc) is 2.04. The van der Waals surface area contributed by atoms with Crippen LogP contribution in [0.1, 0.15) is 26.2 Å². The van der Waals surface area contributed by atoms with Gasteiger partial charge in [0.25, 0.3) is 0 Å². The second kappa shape index (κ2) is 4.04. The van der Waals surface area contributed by atoms with Gasteiger partial charge in [-0.1, -0.05) is 31.9 Å². The summed E-state index contributed by atoms with van der Waals surface area (Å²) in [5, 5.41) is 0. The van der Waals surface area contributed by atoms with E-state index in [1.165, 1.54) is 0 Å². The molecular weight excluding hydrogens is 156 g/mol. The van der Waals surface area contributed by atoms with E-state index in [1.54, 1.807) is 6.08 Å². The number of carbonyl (C=O) groups excluding carboxylic acids is 2. The smallest absolute Gasteiger partial charge is 0.331 e. The van der Waals surface area contributed by atoms with Crippen molar-refractivity contribution in [1.82, 2.24) is 0 Å². The maximum Gasteiger partial charge on any atom is 0.331 e. The number of carbonyl (C=O) groups is 2. The molecule has 1 saturated heterocycles. The second-order valence-electron chi connectivity index (χ2n) is 2.79. The van der Waals surface area contributed by atoms with E-state index in [1.807, 2.05) is 6.08 Å². The number of allylic oxidation sites excluding steroid dienone is 1. The third kappa shape index (κ3) is 1.94. The Hall–Kier alpha value is -1.12. The molecule has 0 bridgehead atoms. The normalized spacial score (nSPS) is 18.1. The predicted molar refractivity (Wildman–Crippen MR) is 43.3 cm³/mol. The van der Waals surface area contributed by atoms with Crippen LogP contribution in [0.25, 0.3) is 0 Å². The van der Waals surface area contributed by atoms with Crippen LogP contribution in [0.15, 0.2) is 12.2 Å². The fraction of sp³-hybridized carbons (Fsp3) is 0.556. The molecule has 0 amide bonds. The fourth-order valence-electron chi connectivity index (χ4n) is 0.976. The zero-order chi connectivity index (χ0) is 8.97. The number of cyclic esters (lactones) is 2. The number of esters is 2. The minimum atomic E-state index is -0.609. The Morgan fingerprint density at radius 2 is 2.08 bits per heavy atom. The van der Waals surface area contributed by atoms with Crippen LogP contribution in [-0.4, -0.2) is 11.9 Å². The number of hydrogen-bond donors (Lipinski definition) is 0. The zero-order valence-electron chi connectivity index (χ0n) is 7.08. The number of unbranched alkanes of at least 4 members (excludes halogenated alkanes) is 2. The van der Waals surface area contributed by atoms with E-state index < -0.39 is 17.9 Å². The van der Waals surface area contributed by atoms with E-state index in [0.29, 0.717) is 0 Å². The topological polar surface area (TPSA) is 43.4 Å². The molecule has 0 saturated carbocycles. The Bertz CT molecular complexity index is 204. The Morgan fingerprint density at radius 3 is 2.58 bits per heavy atom. The van der Waals surface area contributed by atoms with Gasteiger partial charge in [0.2, 0.25) is 0 Å². The minimum Gasteiger partial charge on any atom is -0.391 e. The van der Waals surface area contributed by atoms with E-state index in [9.17, 15) is 9.59 Å². The fourth-order valence-corrected chi connectivity index (χ4v) is 0.976. The molecule has 3 heteroatoms. The lowest BCUT2D eigenvalue weighted by molar-refractivity contribution is -0.180. The molecule has 0 aromatic rings. The summed E-state index contributed by atoms with van der Waals surface area (Å²) in [5.41, 5.74) is 0. The number of ether oxygens (including phenoxy) is 1. The molecule has 66 valence electrons. The van der Waals surface area contributed by atoms with Crippen LogP contribution >= 0.6 is 0 Å². The summed E-state index contributed by atoms with van der Waals surface area (Å²) >= 11 is 0. The Kier molecular flexibility index (Phi) is 3.02. The van der Waals surface area contributed by atoms with Gasteiger partial charge in [-0.3, -0.25) is 9.59 Å². The molecule has 0 atom stereocenters. The first-order valence-corrected chi connectivity index (χ1v) is 4.18. The van der Waals surface area contributed by atoms with Gasteiger partial charge in [-0.25, -0.2) is 0 Å². The molecule has 0 aromatic heterocycles. The van der Waals surface area contributed by atoms with Crippen molar-refractivity contribution in [3.8, 4) is 0 Å². The highest BCUT2D eigenvalue weighted by Gasteiger charge is 2.39. The predicted octanol–water partition coefficient (Wildman–Crippen LogP) is 1.43. The van der Waals surface area contributed by atoms with Crippen LogP contribution in [0.4, 0.5) is 0 Å². The first kappa shape index (κ1) is 8.97. The maximum absolute atomic E-state index is 10.6. The van der Waals surface area contributed by atoms with E-state index in [4.69, 9.17) is 0 Å². The van der Waals surface area contributed by atoms with Crippen LogP contribution in [0, 0.1) is 5.92 Å². The maximum atomic E-state index is 10.6. The summed E-state index contributed by atoms with van der Waals surface area (Å²) < 4.78 is 4.18. The van der Waals surface area contributed by atoms with Crippen molar-refractivity contribution in [2.75, 3.05) is 0 Å². The van der Waals surface area contributed by atoms with Crippen LogP contribution in [0.2, 0.25) is 0 Å². The quantitative estimate of drug-likeness (QED) is 0.276. The van der Waals surface area contributed by atoms with E-state index in [0.717, 1.165) is 19.3 Å². The Balaban J connectivity index is 2.25. The third-order valence-corrected chi connectivity index (χ3v) is 1.76. The van der Waals surface area contributed by atoms with Gasteiger partial charge < -0.3 is 4.74 Å². The average molecular weight is 168 g/mol. The highest BCUT2D eigenvalue weighted by molar-refractivity contribution is 6.11. The molecule has 0 aliphatic carbocycles. The summed E-state index contributed by atoms with van der Waals surface area (Å²) in [6.07, 6.45) is 6.63. The molecule has 1 rings (SSSR count). The largest absolute Gasteiger partial charge is 0.391 e. The first-order chi connectivity index (χ1) is 5.75. The van der Waals surface area contributed by atoms with E-state index in [-0.39, 0.29) is 0 Å². The van der Waals surface area contributed by atoms with E-state index in [2.05, 4.69) is 11.7 Å². The lowest BCUT2D eigenvalue weighted by Crippen LogP contribution is -2.39. The van der Waals surface area contributed by atoms with Gasteiger partial charge in [0, 0.05) is 0 Å². The molecule has 1 aliphatic heterocycles. The van der Waals surface area contributed by atoms with Crippen molar-refractivity contribution in [3.05, 3.63) is 12.2 Å². The lowest BCUT2D eigenvalue weighted by atomic mass is 10.1. The molecule has 0 N–H and O–H groups in total. The van der Waals surface area contributed by atoms with Gasteiger partial charge in [0.1, 0.15) is 0 Å². The summed E-state index contributed by atoms with van der Waals surface area (Å²) in [6, 6.07) is 0. The third-order valence-electron chi connectivity index (χ3n) is 1.76. The van der Waals surface area contributed by atoms with E-state index >= 15 is 0 Å². The summed E-state index contributed by atoms with van der Waals surface area (Å²) in [5.74, 6) is -1.46. The molecule has 0 aromatic carbocycles. The summed E-state index contributed by atoms with van der Waals surface area (Å²) in [7, 11) is 0. The molecule has 12 heavy (non-hydrogen) atoms. The molecule has 0 unspecified atom stereocenters. The summed E-state index contributed by atoms with van der Waals surface area (Å²) in [6.45, 7) is 2.09. The van der Waals surface area contributed by atoms with Gasteiger partial charge in [0.05, 0.1) is 0 Å². The molecular formula is C9H12O3. The van der Waals surface area contributed by atoms with Crippen LogP contribution in [-0.2, 0) is 14.3 Å². The van der Waals surface area contributed by atoms with Crippen molar-refractivity contribution >= 4 is 11.9 Å². The molecule has 0 radical (unpaired) electrons. The minimum absolute atomic E-state index is 0.423. The second-order valence-corrected chi connectivity index (χ2v) is 2.79. The molecule has 3 nitrogen and oxygen atoms in total. The first-order valence-electron chi connectivity index (χ1n) is 4.18. The van der Waals surface area contributed by atoms with Crippen molar-refractivity contribution in [2.45, 2.75) is 26.2 Å². The monoisotopic (exact) mass is 168 g/mol.